The second kappa shape index (κ2) is 5.37. The maximum atomic E-state index is 11.8. The summed E-state index contributed by atoms with van der Waals surface area (Å²) in [4.78, 5) is 35.8. The zero-order valence-corrected chi connectivity index (χ0v) is 11.0. The highest BCUT2D eigenvalue weighted by atomic mass is 16.4. The molecule has 0 spiro atoms. The first-order valence-electron chi connectivity index (χ1n) is 5.99. The summed E-state index contributed by atoms with van der Waals surface area (Å²) < 4.78 is 0. The second-order valence-corrected chi connectivity index (χ2v) is 5.41. The van der Waals surface area contributed by atoms with Crippen molar-refractivity contribution < 1.29 is 19.5 Å². The topological polar surface area (TPSA) is 86.7 Å². The molecule has 0 aliphatic carbocycles. The number of likely N-dealkylation sites (tertiary alicyclic amines) is 1. The summed E-state index contributed by atoms with van der Waals surface area (Å²) in [7, 11) is 1.71. The summed E-state index contributed by atoms with van der Waals surface area (Å²) in [6.45, 7) is 3.74. The average Bonchev–Trinajstić information content (AvgIpc) is 2.29. The normalized spacial score (nSPS) is 20.7. The van der Waals surface area contributed by atoms with Crippen LogP contribution in [0.5, 0.6) is 0 Å². The lowest BCUT2D eigenvalue weighted by Crippen LogP contribution is -2.45. The molecule has 1 saturated heterocycles. The summed E-state index contributed by atoms with van der Waals surface area (Å²) in [5, 5.41) is 11.5. The van der Waals surface area contributed by atoms with Crippen LogP contribution in [-0.4, -0.2) is 47.9 Å². The molecule has 0 aromatic carbocycles. The molecule has 0 saturated carbocycles. The van der Waals surface area contributed by atoms with Crippen molar-refractivity contribution in [3.05, 3.63) is 0 Å². The Bertz CT molecular complexity index is 365. The lowest BCUT2D eigenvalue weighted by molar-refractivity contribution is -0.147. The summed E-state index contributed by atoms with van der Waals surface area (Å²) in [6, 6.07) is 0. The quantitative estimate of drug-likeness (QED) is 0.746. The molecule has 1 rings (SSSR count). The Morgan fingerprint density at radius 2 is 2.11 bits per heavy atom. The van der Waals surface area contributed by atoms with Crippen LogP contribution in [0.4, 0.5) is 0 Å². The van der Waals surface area contributed by atoms with Gasteiger partial charge in [0.25, 0.3) is 0 Å². The van der Waals surface area contributed by atoms with Gasteiger partial charge in [-0.05, 0) is 20.3 Å². The molecule has 2 amide bonds. The summed E-state index contributed by atoms with van der Waals surface area (Å²) in [5.74, 6) is -1.56. The van der Waals surface area contributed by atoms with Gasteiger partial charge in [-0.25, -0.2) is 0 Å². The molecule has 2 N–H and O–H groups in total. The molecular formula is C12H20N2O4. The van der Waals surface area contributed by atoms with Gasteiger partial charge in [0, 0.05) is 32.5 Å². The SMILES string of the molecule is CN1CCC(C(=O)NCC(C)(C)C(=O)O)CC1=O. The Hall–Kier alpha value is -1.59. The lowest BCUT2D eigenvalue weighted by Gasteiger charge is -2.29. The van der Waals surface area contributed by atoms with Gasteiger partial charge in [-0.15, -0.1) is 0 Å². The average molecular weight is 256 g/mol. The Labute approximate surface area is 106 Å². The molecule has 0 aromatic heterocycles. The molecule has 1 unspecified atom stereocenters. The van der Waals surface area contributed by atoms with Gasteiger partial charge in [0.2, 0.25) is 11.8 Å². The first-order valence-corrected chi connectivity index (χ1v) is 5.99. The van der Waals surface area contributed by atoms with Crippen molar-refractivity contribution in [2.75, 3.05) is 20.1 Å². The predicted octanol–water partition coefficient (Wildman–Crippen LogP) is 0.0818. The smallest absolute Gasteiger partial charge is 0.310 e. The zero-order chi connectivity index (χ0) is 13.9. The van der Waals surface area contributed by atoms with Crippen LogP contribution >= 0.6 is 0 Å². The first kappa shape index (κ1) is 14.5. The van der Waals surface area contributed by atoms with Crippen LogP contribution < -0.4 is 5.32 Å². The van der Waals surface area contributed by atoms with E-state index in [2.05, 4.69) is 5.32 Å². The van der Waals surface area contributed by atoms with Crippen molar-refractivity contribution in [1.82, 2.24) is 10.2 Å². The standard InChI is InChI=1S/C12H20N2O4/c1-12(2,11(17)18)7-13-10(16)8-4-5-14(3)9(15)6-8/h8H,4-7H2,1-3H3,(H,13,16)(H,17,18). The van der Waals surface area contributed by atoms with E-state index in [1.165, 1.54) is 0 Å². The number of carboxylic acid groups (broad SMARTS) is 1. The van der Waals surface area contributed by atoms with Crippen molar-refractivity contribution in [2.45, 2.75) is 26.7 Å². The number of carboxylic acids is 1. The Morgan fingerprint density at radius 1 is 1.50 bits per heavy atom. The maximum absolute atomic E-state index is 11.8. The molecule has 18 heavy (non-hydrogen) atoms. The van der Waals surface area contributed by atoms with Gasteiger partial charge < -0.3 is 15.3 Å². The van der Waals surface area contributed by atoms with Gasteiger partial charge in [-0.1, -0.05) is 0 Å². The number of rotatable bonds is 4. The molecule has 1 heterocycles. The van der Waals surface area contributed by atoms with Gasteiger partial charge in [0.15, 0.2) is 0 Å². The van der Waals surface area contributed by atoms with Crippen LogP contribution in [0.2, 0.25) is 0 Å². The van der Waals surface area contributed by atoms with E-state index in [0.29, 0.717) is 13.0 Å². The first-order chi connectivity index (χ1) is 8.24. The minimum absolute atomic E-state index is 0.0427. The van der Waals surface area contributed by atoms with Crippen LogP contribution in [0.25, 0.3) is 0 Å². The number of hydrogen-bond acceptors (Lipinski definition) is 3. The van der Waals surface area contributed by atoms with Gasteiger partial charge in [0.1, 0.15) is 0 Å². The van der Waals surface area contributed by atoms with Crippen molar-refractivity contribution >= 4 is 17.8 Å². The van der Waals surface area contributed by atoms with E-state index >= 15 is 0 Å². The Balaban J connectivity index is 2.47. The lowest BCUT2D eigenvalue weighted by atomic mass is 9.92. The number of hydrogen-bond donors (Lipinski definition) is 2. The number of amides is 2. The van der Waals surface area contributed by atoms with Crippen molar-refractivity contribution in [2.24, 2.45) is 11.3 Å². The fourth-order valence-corrected chi connectivity index (χ4v) is 1.69. The van der Waals surface area contributed by atoms with Gasteiger partial charge in [0.05, 0.1) is 5.41 Å². The molecule has 102 valence electrons. The molecule has 6 heteroatoms. The van der Waals surface area contributed by atoms with Gasteiger partial charge in [-0.3, -0.25) is 14.4 Å². The molecule has 0 aromatic rings. The zero-order valence-electron chi connectivity index (χ0n) is 11.0. The third-order valence-electron chi connectivity index (χ3n) is 3.31. The number of piperidine rings is 1. The van der Waals surface area contributed by atoms with Crippen LogP contribution in [0.15, 0.2) is 0 Å². The molecule has 6 nitrogen and oxygen atoms in total. The van der Waals surface area contributed by atoms with Crippen LogP contribution in [0.3, 0.4) is 0 Å². The number of nitrogens with zero attached hydrogens (tertiary/aromatic N) is 1. The predicted molar refractivity (Wildman–Crippen MR) is 64.8 cm³/mol. The highest BCUT2D eigenvalue weighted by Crippen LogP contribution is 2.18. The fraction of sp³-hybridized carbons (Fsp3) is 0.750. The third-order valence-corrected chi connectivity index (χ3v) is 3.31. The maximum Gasteiger partial charge on any atom is 0.310 e. The third kappa shape index (κ3) is 3.45. The molecule has 1 aliphatic heterocycles. The van der Waals surface area contributed by atoms with E-state index in [1.54, 1.807) is 25.8 Å². The van der Waals surface area contributed by atoms with Crippen molar-refractivity contribution in [3.8, 4) is 0 Å². The number of carbonyl (C=O) groups excluding carboxylic acids is 2. The minimum atomic E-state index is -0.995. The largest absolute Gasteiger partial charge is 0.481 e. The Morgan fingerprint density at radius 3 is 2.61 bits per heavy atom. The van der Waals surface area contributed by atoms with E-state index in [9.17, 15) is 14.4 Å². The molecule has 1 aliphatic rings. The minimum Gasteiger partial charge on any atom is -0.481 e. The number of carbonyl (C=O) groups is 3. The molecule has 1 fully saturated rings. The Kier molecular flexibility index (Phi) is 4.32. The second-order valence-electron chi connectivity index (χ2n) is 5.41. The molecule has 0 radical (unpaired) electrons. The van der Waals surface area contributed by atoms with Crippen LogP contribution in [0, 0.1) is 11.3 Å². The number of nitrogens with one attached hydrogen (secondary N) is 1. The van der Waals surface area contributed by atoms with E-state index < -0.39 is 11.4 Å². The molecule has 0 bridgehead atoms. The van der Waals surface area contributed by atoms with Gasteiger partial charge in [-0.2, -0.15) is 0 Å². The summed E-state index contributed by atoms with van der Waals surface area (Å²) >= 11 is 0. The molecule has 1 atom stereocenters. The highest BCUT2D eigenvalue weighted by molar-refractivity contribution is 5.87. The van der Waals surface area contributed by atoms with E-state index in [4.69, 9.17) is 5.11 Å². The highest BCUT2D eigenvalue weighted by Gasteiger charge is 2.31. The summed E-state index contributed by atoms with van der Waals surface area (Å²) in [6.07, 6.45) is 0.831. The van der Waals surface area contributed by atoms with E-state index in [-0.39, 0.29) is 30.7 Å². The monoisotopic (exact) mass is 256 g/mol. The van der Waals surface area contributed by atoms with E-state index in [0.717, 1.165) is 0 Å². The van der Waals surface area contributed by atoms with E-state index in [1.807, 2.05) is 0 Å². The summed E-state index contributed by atoms with van der Waals surface area (Å²) in [5.41, 5.74) is -0.995. The van der Waals surface area contributed by atoms with Crippen LogP contribution in [-0.2, 0) is 14.4 Å². The fourth-order valence-electron chi connectivity index (χ4n) is 1.69. The van der Waals surface area contributed by atoms with Crippen LogP contribution in [0.1, 0.15) is 26.7 Å². The molecular weight excluding hydrogens is 236 g/mol. The van der Waals surface area contributed by atoms with Crippen molar-refractivity contribution in [1.29, 1.82) is 0 Å². The van der Waals surface area contributed by atoms with Gasteiger partial charge >= 0.3 is 5.97 Å². The number of aliphatic carboxylic acids is 1. The van der Waals surface area contributed by atoms with Crippen molar-refractivity contribution in [3.63, 3.8) is 0 Å².